The summed E-state index contributed by atoms with van der Waals surface area (Å²) in [5, 5.41) is 2.62. The number of carbonyl (C=O) groups excluding carboxylic acids is 1. The van der Waals surface area contributed by atoms with Gasteiger partial charge in [-0.05, 0) is 26.0 Å². The minimum Gasteiger partial charge on any atom is -0.492 e. The smallest absolute Gasteiger partial charge is 0.402 e. The Balaban J connectivity index is 2.36. The van der Waals surface area contributed by atoms with Gasteiger partial charge in [0.25, 0.3) is 0 Å². The third kappa shape index (κ3) is 2.49. The average molecular weight is 288 g/mol. The molecule has 0 saturated carbocycles. The van der Waals surface area contributed by atoms with E-state index in [1.54, 1.807) is 6.92 Å². The first-order chi connectivity index (χ1) is 9.40. The normalized spacial score (nSPS) is 22.8. The van der Waals surface area contributed by atoms with Gasteiger partial charge in [0.15, 0.2) is 5.78 Å². The van der Waals surface area contributed by atoms with Gasteiger partial charge in [-0.3, -0.25) is 9.78 Å². The van der Waals surface area contributed by atoms with Gasteiger partial charge in [-0.25, -0.2) is 0 Å². The Labute approximate surface area is 114 Å². The van der Waals surface area contributed by atoms with Gasteiger partial charge < -0.3 is 10.1 Å². The number of hydrogen-bond donors (Lipinski definition) is 1. The fraction of sp³-hybridized carbons (Fsp3) is 0.538. The molecule has 1 N–H and O–H groups in total. The number of pyridine rings is 1. The van der Waals surface area contributed by atoms with Crippen LogP contribution in [0.15, 0.2) is 18.5 Å². The van der Waals surface area contributed by atoms with Gasteiger partial charge in [-0.15, -0.1) is 0 Å². The Morgan fingerprint density at radius 1 is 1.50 bits per heavy atom. The van der Waals surface area contributed by atoms with Crippen LogP contribution in [0.25, 0.3) is 0 Å². The molecule has 1 unspecified atom stereocenters. The van der Waals surface area contributed by atoms with Crippen molar-refractivity contribution < 1.29 is 22.7 Å². The molecule has 0 aliphatic carbocycles. The van der Waals surface area contributed by atoms with E-state index in [9.17, 15) is 18.0 Å². The number of carbonyl (C=O) groups is 1. The maximum atomic E-state index is 13.3. The van der Waals surface area contributed by atoms with Gasteiger partial charge in [0.1, 0.15) is 11.2 Å². The summed E-state index contributed by atoms with van der Waals surface area (Å²) >= 11 is 0. The Bertz CT molecular complexity index is 497. The molecule has 4 nitrogen and oxygen atoms in total. The number of hydrogen-bond acceptors (Lipinski definition) is 4. The van der Waals surface area contributed by atoms with Gasteiger partial charge >= 0.3 is 6.18 Å². The van der Waals surface area contributed by atoms with Crippen LogP contribution in [0.4, 0.5) is 13.2 Å². The van der Waals surface area contributed by atoms with E-state index in [1.165, 1.54) is 12.3 Å². The lowest BCUT2D eigenvalue weighted by atomic mass is 9.79. The standard InChI is InChI=1S/C13H15F3N2O2/c1-2-20-10-5-9(6-18-7-10)11(19)12(13(14,15)16)3-4-17-8-12/h5-7,17H,2-4,8H2,1H3. The van der Waals surface area contributed by atoms with E-state index in [0.29, 0.717) is 12.4 Å². The highest BCUT2D eigenvalue weighted by atomic mass is 19.4. The quantitative estimate of drug-likeness (QED) is 0.863. The zero-order valence-electron chi connectivity index (χ0n) is 11.0. The summed E-state index contributed by atoms with van der Waals surface area (Å²) in [6.45, 7) is 1.87. The first kappa shape index (κ1) is 14.8. The van der Waals surface area contributed by atoms with Gasteiger partial charge in [-0.1, -0.05) is 0 Å². The van der Waals surface area contributed by atoms with Crippen LogP contribution in [0.1, 0.15) is 23.7 Å². The van der Waals surface area contributed by atoms with Gasteiger partial charge in [-0.2, -0.15) is 13.2 Å². The van der Waals surface area contributed by atoms with E-state index >= 15 is 0 Å². The lowest BCUT2D eigenvalue weighted by Gasteiger charge is -2.29. The first-order valence-corrected chi connectivity index (χ1v) is 6.31. The molecular weight excluding hydrogens is 273 g/mol. The molecule has 2 rings (SSSR count). The number of nitrogens with one attached hydrogen (secondary N) is 1. The monoisotopic (exact) mass is 288 g/mol. The number of nitrogens with zero attached hydrogens (tertiary/aromatic N) is 1. The second-order valence-corrected chi connectivity index (χ2v) is 4.68. The largest absolute Gasteiger partial charge is 0.492 e. The van der Waals surface area contributed by atoms with E-state index in [2.05, 4.69) is 10.3 Å². The van der Waals surface area contributed by atoms with Gasteiger partial charge in [0.05, 0.1) is 12.8 Å². The molecule has 7 heteroatoms. The second kappa shape index (κ2) is 5.40. The molecule has 20 heavy (non-hydrogen) atoms. The average Bonchev–Trinajstić information content (AvgIpc) is 2.89. The van der Waals surface area contributed by atoms with E-state index in [-0.39, 0.29) is 18.5 Å². The van der Waals surface area contributed by atoms with E-state index in [0.717, 1.165) is 6.20 Å². The Hall–Kier alpha value is -1.63. The molecule has 1 aliphatic heterocycles. The summed E-state index contributed by atoms with van der Waals surface area (Å²) in [4.78, 5) is 16.1. The molecule has 0 bridgehead atoms. The predicted octanol–water partition coefficient (Wildman–Crippen LogP) is 2.21. The van der Waals surface area contributed by atoms with Crippen LogP contribution in [0.3, 0.4) is 0 Å². The van der Waals surface area contributed by atoms with Gasteiger partial charge in [0.2, 0.25) is 0 Å². The van der Waals surface area contributed by atoms with Gasteiger partial charge in [0, 0.05) is 18.3 Å². The Morgan fingerprint density at radius 2 is 2.25 bits per heavy atom. The molecule has 110 valence electrons. The molecule has 0 spiro atoms. The second-order valence-electron chi connectivity index (χ2n) is 4.68. The maximum Gasteiger partial charge on any atom is 0.402 e. The van der Waals surface area contributed by atoms with Crippen molar-refractivity contribution in [2.45, 2.75) is 19.5 Å². The highest BCUT2D eigenvalue weighted by molar-refractivity contribution is 6.01. The molecule has 1 atom stereocenters. The van der Waals surface area contributed by atoms with Crippen molar-refractivity contribution in [3.8, 4) is 5.75 Å². The predicted molar refractivity (Wildman–Crippen MR) is 65.7 cm³/mol. The zero-order chi connectivity index (χ0) is 14.8. The summed E-state index contributed by atoms with van der Waals surface area (Å²) in [7, 11) is 0. The summed E-state index contributed by atoms with van der Waals surface area (Å²) in [6, 6.07) is 1.31. The van der Waals surface area contributed by atoms with Crippen LogP contribution in [0, 0.1) is 5.41 Å². The van der Waals surface area contributed by atoms with Crippen molar-refractivity contribution in [3.63, 3.8) is 0 Å². The van der Waals surface area contributed by atoms with Crippen molar-refractivity contribution in [2.24, 2.45) is 5.41 Å². The maximum absolute atomic E-state index is 13.3. The molecule has 1 aromatic heterocycles. The number of halogens is 3. The molecule has 1 saturated heterocycles. The molecule has 2 heterocycles. The topological polar surface area (TPSA) is 51.2 Å². The lowest BCUT2D eigenvalue weighted by Crippen LogP contribution is -2.46. The van der Waals surface area contributed by atoms with Crippen molar-refractivity contribution in [2.75, 3.05) is 19.7 Å². The highest BCUT2D eigenvalue weighted by Crippen LogP contribution is 2.45. The van der Waals surface area contributed by atoms with Crippen LogP contribution in [0.5, 0.6) is 5.75 Å². The number of aromatic nitrogens is 1. The summed E-state index contributed by atoms with van der Waals surface area (Å²) < 4.78 is 45.0. The molecule has 1 fully saturated rings. The van der Waals surface area contributed by atoms with E-state index in [4.69, 9.17) is 4.74 Å². The van der Waals surface area contributed by atoms with Crippen LogP contribution in [0.2, 0.25) is 0 Å². The van der Waals surface area contributed by atoms with Crippen molar-refractivity contribution in [1.82, 2.24) is 10.3 Å². The summed E-state index contributed by atoms with van der Waals surface area (Å²) in [5.41, 5.74) is -2.43. The van der Waals surface area contributed by atoms with Crippen LogP contribution >= 0.6 is 0 Å². The number of ether oxygens (including phenoxy) is 1. The van der Waals surface area contributed by atoms with Crippen LogP contribution in [-0.2, 0) is 0 Å². The summed E-state index contributed by atoms with van der Waals surface area (Å²) in [5.74, 6) is -0.661. The fourth-order valence-corrected chi connectivity index (χ4v) is 2.32. The molecular formula is C13H15F3N2O2. The number of alkyl halides is 3. The number of ketones is 1. The van der Waals surface area contributed by atoms with E-state index < -0.39 is 23.9 Å². The zero-order valence-corrected chi connectivity index (χ0v) is 11.0. The first-order valence-electron chi connectivity index (χ1n) is 6.31. The van der Waals surface area contributed by atoms with Crippen LogP contribution < -0.4 is 10.1 Å². The molecule has 0 amide bonds. The SMILES string of the molecule is CCOc1cncc(C(=O)C2(C(F)(F)F)CCNC2)c1. The lowest BCUT2D eigenvalue weighted by molar-refractivity contribution is -0.197. The highest BCUT2D eigenvalue weighted by Gasteiger charge is 2.61. The van der Waals surface area contributed by atoms with Crippen LogP contribution in [-0.4, -0.2) is 36.6 Å². The minimum atomic E-state index is -4.59. The Kier molecular flexibility index (Phi) is 3.99. The minimum absolute atomic E-state index is 0.0722. The summed E-state index contributed by atoms with van der Waals surface area (Å²) in [6.07, 6.45) is -2.33. The molecule has 1 aliphatic rings. The fourth-order valence-electron chi connectivity index (χ4n) is 2.32. The van der Waals surface area contributed by atoms with Crippen molar-refractivity contribution >= 4 is 5.78 Å². The molecule has 0 aromatic carbocycles. The number of Topliss-reactive ketones (excluding diaryl/α,β-unsaturated/α-hetero) is 1. The number of rotatable bonds is 4. The van der Waals surface area contributed by atoms with Crippen molar-refractivity contribution in [3.05, 3.63) is 24.0 Å². The van der Waals surface area contributed by atoms with Crippen molar-refractivity contribution in [1.29, 1.82) is 0 Å². The molecule has 1 aromatic rings. The third-order valence-corrected chi connectivity index (χ3v) is 3.42. The third-order valence-electron chi connectivity index (χ3n) is 3.42. The van der Waals surface area contributed by atoms with E-state index in [1.807, 2.05) is 0 Å². The Morgan fingerprint density at radius 3 is 2.80 bits per heavy atom. The molecule has 0 radical (unpaired) electrons.